The highest BCUT2D eigenvalue weighted by atomic mass is 16.7. The SMILES string of the molecule is CCCCC/C=C\C/C=C\CCCCCCCCCCCCOCC(COC1OC(COC2OC(CO)C(O)C(O)C2O)C(O)C(O)C1O)OC(=O)CCCCCCCCC/C=C\CCCCCCCC. The van der Waals surface area contributed by atoms with Gasteiger partial charge in [-0.05, 0) is 70.6 Å². The van der Waals surface area contributed by atoms with Crippen LogP contribution in [0.25, 0.3) is 0 Å². The van der Waals surface area contributed by atoms with Gasteiger partial charge in [-0.25, -0.2) is 0 Å². The summed E-state index contributed by atoms with van der Waals surface area (Å²) in [6.07, 6.45) is 34.8. The van der Waals surface area contributed by atoms with Crippen LogP contribution >= 0.6 is 0 Å². The number of carbonyl (C=O) groups is 1. The summed E-state index contributed by atoms with van der Waals surface area (Å²) >= 11 is 0. The molecule has 416 valence electrons. The van der Waals surface area contributed by atoms with Gasteiger partial charge in [-0.3, -0.25) is 4.79 Å². The molecule has 7 N–H and O–H groups in total. The third-order valence-electron chi connectivity index (χ3n) is 13.6. The zero-order valence-electron chi connectivity index (χ0n) is 44.5. The van der Waals surface area contributed by atoms with Gasteiger partial charge < -0.3 is 64.2 Å². The van der Waals surface area contributed by atoms with E-state index in [1.54, 1.807) is 0 Å². The molecule has 0 radical (unpaired) electrons. The van der Waals surface area contributed by atoms with Gasteiger partial charge in [-0.1, -0.05) is 179 Å². The van der Waals surface area contributed by atoms with Gasteiger partial charge in [-0.15, -0.1) is 0 Å². The normalized spacial score (nSPS) is 25.5. The monoisotopic (exact) mass is 1010 g/mol. The van der Waals surface area contributed by atoms with Gasteiger partial charge in [-0.2, -0.15) is 0 Å². The summed E-state index contributed by atoms with van der Waals surface area (Å²) in [6, 6.07) is 0. The zero-order chi connectivity index (χ0) is 51.6. The van der Waals surface area contributed by atoms with E-state index >= 15 is 0 Å². The number of carbonyl (C=O) groups excluding carboxylic acids is 1. The fraction of sp³-hybridized carbons (Fsp3) is 0.877. The van der Waals surface area contributed by atoms with E-state index in [9.17, 15) is 40.5 Å². The van der Waals surface area contributed by atoms with Crippen LogP contribution < -0.4 is 0 Å². The van der Waals surface area contributed by atoms with Crippen molar-refractivity contribution in [2.24, 2.45) is 0 Å². The van der Waals surface area contributed by atoms with Gasteiger partial charge in [0, 0.05) is 13.0 Å². The number of allylic oxidation sites excluding steroid dienone is 6. The Morgan fingerprint density at radius 3 is 1.39 bits per heavy atom. The molecule has 2 heterocycles. The number of rotatable bonds is 46. The van der Waals surface area contributed by atoms with Crippen molar-refractivity contribution in [2.75, 3.05) is 33.0 Å². The number of ether oxygens (including phenoxy) is 6. The van der Waals surface area contributed by atoms with Crippen LogP contribution in [0.1, 0.15) is 219 Å². The molecular formula is C57H104O14. The third kappa shape index (κ3) is 31.6. The summed E-state index contributed by atoms with van der Waals surface area (Å²) in [4.78, 5) is 13.1. The summed E-state index contributed by atoms with van der Waals surface area (Å²) in [5.74, 6) is -0.380. The smallest absolute Gasteiger partial charge is 0.306 e. The second-order valence-corrected chi connectivity index (χ2v) is 20.1. The van der Waals surface area contributed by atoms with Crippen LogP contribution in [-0.4, -0.2) is 142 Å². The van der Waals surface area contributed by atoms with Crippen molar-refractivity contribution in [3.63, 3.8) is 0 Å². The Hall–Kier alpha value is -1.79. The van der Waals surface area contributed by atoms with Gasteiger partial charge in [0.05, 0.1) is 26.4 Å². The fourth-order valence-electron chi connectivity index (χ4n) is 8.96. The predicted molar refractivity (Wildman–Crippen MR) is 280 cm³/mol. The molecule has 71 heavy (non-hydrogen) atoms. The Balaban J connectivity index is 1.73. The van der Waals surface area contributed by atoms with Crippen LogP contribution in [0.2, 0.25) is 0 Å². The second-order valence-electron chi connectivity index (χ2n) is 20.1. The first-order valence-electron chi connectivity index (χ1n) is 28.6. The van der Waals surface area contributed by atoms with E-state index in [4.69, 9.17) is 28.4 Å². The number of unbranched alkanes of at least 4 members (excludes halogenated alkanes) is 26. The molecule has 0 aromatic heterocycles. The molecule has 14 nitrogen and oxygen atoms in total. The van der Waals surface area contributed by atoms with Crippen LogP contribution in [-0.2, 0) is 33.2 Å². The van der Waals surface area contributed by atoms with Crippen LogP contribution in [0.4, 0.5) is 0 Å². The lowest BCUT2D eigenvalue weighted by atomic mass is 9.98. The molecule has 11 unspecified atom stereocenters. The number of aliphatic hydroxyl groups is 7. The quantitative estimate of drug-likeness (QED) is 0.0172. The largest absolute Gasteiger partial charge is 0.457 e. The molecule has 2 fully saturated rings. The molecule has 2 saturated heterocycles. The highest BCUT2D eigenvalue weighted by Gasteiger charge is 2.47. The Bertz CT molecular complexity index is 1310. The first-order valence-corrected chi connectivity index (χ1v) is 28.6. The van der Waals surface area contributed by atoms with Crippen molar-refractivity contribution in [2.45, 2.75) is 287 Å². The first-order chi connectivity index (χ1) is 34.6. The summed E-state index contributed by atoms with van der Waals surface area (Å²) in [6.45, 7) is 3.67. The predicted octanol–water partition coefficient (Wildman–Crippen LogP) is 9.75. The van der Waals surface area contributed by atoms with Gasteiger partial charge in [0.15, 0.2) is 12.6 Å². The van der Waals surface area contributed by atoms with Crippen LogP contribution in [0.3, 0.4) is 0 Å². The average molecular weight is 1010 g/mol. The minimum atomic E-state index is -1.71. The van der Waals surface area contributed by atoms with Crippen molar-refractivity contribution < 1.29 is 69.0 Å². The molecule has 0 bridgehead atoms. The van der Waals surface area contributed by atoms with Crippen LogP contribution in [0, 0.1) is 0 Å². The van der Waals surface area contributed by atoms with Gasteiger partial charge in [0.1, 0.15) is 54.9 Å². The summed E-state index contributed by atoms with van der Waals surface area (Å²) in [5.41, 5.74) is 0. The van der Waals surface area contributed by atoms with E-state index in [1.807, 2.05) is 0 Å². The summed E-state index contributed by atoms with van der Waals surface area (Å²) in [5, 5.41) is 72.3. The minimum Gasteiger partial charge on any atom is -0.457 e. The molecule has 0 aromatic rings. The van der Waals surface area contributed by atoms with Crippen molar-refractivity contribution in [3.8, 4) is 0 Å². The Labute approximate surface area is 429 Å². The Kier molecular flexibility index (Phi) is 40.9. The molecule has 11 atom stereocenters. The van der Waals surface area contributed by atoms with Gasteiger partial charge >= 0.3 is 5.97 Å². The maximum absolute atomic E-state index is 13.1. The average Bonchev–Trinajstić information content (AvgIpc) is 3.37. The Morgan fingerprint density at radius 2 is 0.873 bits per heavy atom. The summed E-state index contributed by atoms with van der Waals surface area (Å²) < 4.78 is 34.4. The maximum atomic E-state index is 13.1. The van der Waals surface area contributed by atoms with Crippen molar-refractivity contribution in [1.82, 2.24) is 0 Å². The molecule has 2 aliphatic heterocycles. The molecule has 0 amide bonds. The second kappa shape index (κ2) is 44.5. The number of hydrogen-bond acceptors (Lipinski definition) is 14. The van der Waals surface area contributed by atoms with E-state index in [-0.39, 0.29) is 25.6 Å². The molecular weight excluding hydrogens is 909 g/mol. The zero-order valence-corrected chi connectivity index (χ0v) is 44.5. The molecule has 0 saturated carbocycles. The van der Waals surface area contributed by atoms with Crippen molar-refractivity contribution in [1.29, 1.82) is 0 Å². The molecule has 14 heteroatoms. The molecule has 2 aliphatic rings. The third-order valence-corrected chi connectivity index (χ3v) is 13.6. The Morgan fingerprint density at radius 1 is 0.465 bits per heavy atom. The highest BCUT2D eigenvalue weighted by Crippen LogP contribution is 2.27. The minimum absolute atomic E-state index is 0.0591. The lowest BCUT2D eigenvalue weighted by Crippen LogP contribution is -2.61. The molecule has 0 aromatic carbocycles. The lowest BCUT2D eigenvalue weighted by molar-refractivity contribution is -0.332. The van der Waals surface area contributed by atoms with Gasteiger partial charge in [0.25, 0.3) is 0 Å². The summed E-state index contributed by atoms with van der Waals surface area (Å²) in [7, 11) is 0. The van der Waals surface area contributed by atoms with Crippen molar-refractivity contribution >= 4 is 5.97 Å². The first kappa shape index (κ1) is 65.3. The maximum Gasteiger partial charge on any atom is 0.306 e. The van der Waals surface area contributed by atoms with Gasteiger partial charge in [0.2, 0.25) is 0 Å². The van der Waals surface area contributed by atoms with E-state index < -0.39 is 80.7 Å². The van der Waals surface area contributed by atoms with E-state index in [0.29, 0.717) is 13.0 Å². The molecule has 2 rings (SSSR count). The number of hydrogen-bond donors (Lipinski definition) is 7. The van der Waals surface area contributed by atoms with E-state index in [1.165, 1.54) is 141 Å². The van der Waals surface area contributed by atoms with Crippen LogP contribution in [0.15, 0.2) is 36.5 Å². The standard InChI is InChI=1S/C57H104O14/c1-3-5-7-9-11-13-15-17-19-21-22-23-25-27-29-31-33-35-37-39-41-66-43-46(69-49(59)40-38-36-34-32-30-28-26-24-20-18-16-14-12-10-8-6-4-2)44-67-56-55(65)53(63)51(61)48(71-56)45-68-57-54(64)52(62)50(60)47(42-58)70-57/h11,13,17-20,46-48,50-58,60-65H,3-10,12,14-16,21-45H2,1-2H3/b13-11-,19-17-,20-18-. The molecule has 0 aliphatic carbocycles. The number of esters is 1. The highest BCUT2D eigenvalue weighted by molar-refractivity contribution is 5.69. The topological polar surface area (TPSA) is 214 Å². The fourth-order valence-corrected chi connectivity index (χ4v) is 8.96. The van der Waals surface area contributed by atoms with Crippen molar-refractivity contribution in [3.05, 3.63) is 36.5 Å². The number of aliphatic hydroxyl groups excluding tert-OH is 7. The van der Waals surface area contributed by atoms with E-state index in [0.717, 1.165) is 51.4 Å². The molecule has 0 spiro atoms. The lowest BCUT2D eigenvalue weighted by Gasteiger charge is -2.42. The van der Waals surface area contributed by atoms with E-state index in [2.05, 4.69) is 50.3 Å². The van der Waals surface area contributed by atoms with Crippen LogP contribution in [0.5, 0.6) is 0 Å².